The van der Waals surface area contributed by atoms with E-state index in [1.54, 1.807) is 0 Å². The van der Waals surface area contributed by atoms with Crippen molar-refractivity contribution < 1.29 is 4.74 Å². The van der Waals surface area contributed by atoms with Crippen molar-refractivity contribution >= 4 is 5.82 Å². The number of nitrogens with zero attached hydrogens (tertiary/aromatic N) is 3. The van der Waals surface area contributed by atoms with Crippen LogP contribution in [0.5, 0.6) is 0 Å². The van der Waals surface area contributed by atoms with E-state index in [1.165, 1.54) is 5.56 Å². The first kappa shape index (κ1) is 13.3. The van der Waals surface area contributed by atoms with Crippen molar-refractivity contribution in [2.45, 2.75) is 33.1 Å². The SMILES string of the molecule is CCCc1cnc(C)nc1N(C)C[C@@H]1CCOC1. The zero-order valence-electron chi connectivity index (χ0n) is 11.6. The van der Waals surface area contributed by atoms with Crippen molar-refractivity contribution in [3.05, 3.63) is 17.6 Å². The van der Waals surface area contributed by atoms with Gasteiger partial charge in [0.05, 0.1) is 6.61 Å². The summed E-state index contributed by atoms with van der Waals surface area (Å²) in [5, 5.41) is 0. The first-order chi connectivity index (χ1) is 8.70. The van der Waals surface area contributed by atoms with Crippen molar-refractivity contribution in [3.63, 3.8) is 0 Å². The largest absolute Gasteiger partial charge is 0.381 e. The van der Waals surface area contributed by atoms with Crippen molar-refractivity contribution in [2.75, 3.05) is 31.7 Å². The average Bonchev–Trinajstić information content (AvgIpc) is 2.84. The number of anilines is 1. The van der Waals surface area contributed by atoms with Gasteiger partial charge in [-0.25, -0.2) is 9.97 Å². The molecule has 0 spiro atoms. The molecule has 2 rings (SSSR count). The Bertz CT molecular complexity index is 389. The molecule has 0 amide bonds. The maximum Gasteiger partial charge on any atom is 0.135 e. The minimum absolute atomic E-state index is 0.639. The zero-order chi connectivity index (χ0) is 13.0. The molecule has 4 nitrogen and oxygen atoms in total. The molecule has 1 saturated heterocycles. The summed E-state index contributed by atoms with van der Waals surface area (Å²) >= 11 is 0. The van der Waals surface area contributed by atoms with E-state index in [-0.39, 0.29) is 0 Å². The Kier molecular flexibility index (Phi) is 4.53. The van der Waals surface area contributed by atoms with Crippen LogP contribution >= 0.6 is 0 Å². The standard InChI is InChI=1S/C14H23N3O/c1-4-5-13-8-15-11(2)16-14(13)17(3)9-12-6-7-18-10-12/h8,12H,4-7,9-10H2,1-3H3/t12-/m0/s1. The second kappa shape index (κ2) is 6.14. The molecular weight excluding hydrogens is 226 g/mol. The fourth-order valence-corrected chi connectivity index (χ4v) is 2.46. The van der Waals surface area contributed by atoms with Gasteiger partial charge in [0.2, 0.25) is 0 Å². The minimum atomic E-state index is 0.639. The number of aromatic nitrogens is 2. The molecule has 1 aliphatic heterocycles. The van der Waals surface area contributed by atoms with Crippen LogP contribution in [0, 0.1) is 12.8 Å². The third-order valence-electron chi connectivity index (χ3n) is 3.40. The number of aryl methyl sites for hydroxylation is 2. The Balaban J connectivity index is 2.11. The molecule has 0 bridgehead atoms. The van der Waals surface area contributed by atoms with E-state index in [0.717, 1.165) is 50.7 Å². The van der Waals surface area contributed by atoms with Gasteiger partial charge in [-0.05, 0) is 19.8 Å². The van der Waals surface area contributed by atoms with Crippen LogP contribution < -0.4 is 4.90 Å². The van der Waals surface area contributed by atoms with Crippen molar-refractivity contribution in [2.24, 2.45) is 5.92 Å². The third kappa shape index (κ3) is 3.19. The molecule has 1 fully saturated rings. The summed E-state index contributed by atoms with van der Waals surface area (Å²) in [6.07, 6.45) is 5.31. The molecule has 1 aliphatic rings. The molecule has 0 aromatic carbocycles. The highest BCUT2D eigenvalue weighted by molar-refractivity contribution is 5.45. The highest BCUT2D eigenvalue weighted by atomic mass is 16.5. The highest BCUT2D eigenvalue weighted by Gasteiger charge is 2.19. The first-order valence-corrected chi connectivity index (χ1v) is 6.82. The highest BCUT2D eigenvalue weighted by Crippen LogP contribution is 2.21. The topological polar surface area (TPSA) is 38.2 Å². The second-order valence-electron chi connectivity index (χ2n) is 5.13. The van der Waals surface area contributed by atoms with Gasteiger partial charge in [-0.15, -0.1) is 0 Å². The second-order valence-corrected chi connectivity index (χ2v) is 5.13. The van der Waals surface area contributed by atoms with Gasteiger partial charge in [0, 0.05) is 37.9 Å². The van der Waals surface area contributed by atoms with Gasteiger partial charge < -0.3 is 9.64 Å². The Morgan fingerprint density at radius 1 is 1.50 bits per heavy atom. The van der Waals surface area contributed by atoms with Crippen molar-refractivity contribution in [1.82, 2.24) is 9.97 Å². The molecule has 18 heavy (non-hydrogen) atoms. The van der Waals surface area contributed by atoms with Gasteiger partial charge in [0.15, 0.2) is 0 Å². The van der Waals surface area contributed by atoms with E-state index >= 15 is 0 Å². The van der Waals surface area contributed by atoms with Crippen LogP contribution in [0.4, 0.5) is 5.82 Å². The Morgan fingerprint density at radius 3 is 3.00 bits per heavy atom. The molecule has 1 atom stereocenters. The van der Waals surface area contributed by atoms with Crippen molar-refractivity contribution in [3.8, 4) is 0 Å². The summed E-state index contributed by atoms with van der Waals surface area (Å²) < 4.78 is 5.44. The van der Waals surface area contributed by atoms with Crippen LogP contribution in [0.25, 0.3) is 0 Å². The quantitative estimate of drug-likeness (QED) is 0.802. The summed E-state index contributed by atoms with van der Waals surface area (Å²) in [7, 11) is 2.12. The number of ether oxygens (including phenoxy) is 1. The van der Waals surface area contributed by atoms with E-state index in [9.17, 15) is 0 Å². The Hall–Kier alpha value is -1.16. The zero-order valence-corrected chi connectivity index (χ0v) is 11.6. The average molecular weight is 249 g/mol. The van der Waals surface area contributed by atoms with Crippen LogP contribution in [0.15, 0.2) is 6.20 Å². The predicted molar refractivity (Wildman–Crippen MR) is 73.0 cm³/mol. The van der Waals surface area contributed by atoms with E-state index in [1.807, 2.05) is 13.1 Å². The summed E-state index contributed by atoms with van der Waals surface area (Å²) in [5.41, 5.74) is 1.25. The molecule has 0 radical (unpaired) electrons. The normalized spacial score (nSPS) is 19.2. The van der Waals surface area contributed by atoms with Gasteiger partial charge in [-0.2, -0.15) is 0 Å². The number of rotatable bonds is 5. The van der Waals surface area contributed by atoms with E-state index in [2.05, 4.69) is 28.8 Å². The van der Waals surface area contributed by atoms with Gasteiger partial charge >= 0.3 is 0 Å². The summed E-state index contributed by atoms with van der Waals surface area (Å²) in [6.45, 7) is 6.95. The van der Waals surface area contributed by atoms with Gasteiger partial charge in [-0.1, -0.05) is 13.3 Å². The van der Waals surface area contributed by atoms with E-state index in [0.29, 0.717) is 5.92 Å². The molecule has 1 aromatic heterocycles. The molecule has 2 heterocycles. The minimum Gasteiger partial charge on any atom is -0.381 e. The molecule has 0 N–H and O–H groups in total. The van der Waals surface area contributed by atoms with Crippen LogP contribution in [-0.4, -0.2) is 36.8 Å². The lowest BCUT2D eigenvalue weighted by atomic mass is 10.1. The van der Waals surface area contributed by atoms with Gasteiger partial charge in [0.1, 0.15) is 11.6 Å². The van der Waals surface area contributed by atoms with Gasteiger partial charge in [-0.3, -0.25) is 0 Å². The monoisotopic (exact) mass is 249 g/mol. The summed E-state index contributed by atoms with van der Waals surface area (Å²) in [4.78, 5) is 11.2. The lowest BCUT2D eigenvalue weighted by Crippen LogP contribution is -2.27. The summed E-state index contributed by atoms with van der Waals surface area (Å²) in [6, 6.07) is 0. The molecule has 100 valence electrons. The molecule has 4 heteroatoms. The van der Waals surface area contributed by atoms with Crippen LogP contribution in [0.2, 0.25) is 0 Å². The van der Waals surface area contributed by atoms with Crippen LogP contribution in [-0.2, 0) is 11.2 Å². The van der Waals surface area contributed by atoms with E-state index < -0.39 is 0 Å². The summed E-state index contributed by atoms with van der Waals surface area (Å²) in [5.74, 6) is 2.58. The van der Waals surface area contributed by atoms with Crippen molar-refractivity contribution in [1.29, 1.82) is 0 Å². The Labute approximate surface area is 109 Å². The fourth-order valence-electron chi connectivity index (χ4n) is 2.46. The number of hydrogen-bond acceptors (Lipinski definition) is 4. The van der Waals surface area contributed by atoms with Gasteiger partial charge in [0.25, 0.3) is 0 Å². The molecule has 0 unspecified atom stereocenters. The van der Waals surface area contributed by atoms with Crippen LogP contribution in [0.1, 0.15) is 31.2 Å². The van der Waals surface area contributed by atoms with E-state index in [4.69, 9.17) is 4.74 Å². The molecule has 0 saturated carbocycles. The molecule has 1 aromatic rings. The maximum absolute atomic E-state index is 5.44. The smallest absolute Gasteiger partial charge is 0.135 e. The molecular formula is C14H23N3O. The third-order valence-corrected chi connectivity index (χ3v) is 3.40. The number of hydrogen-bond donors (Lipinski definition) is 0. The lowest BCUT2D eigenvalue weighted by molar-refractivity contribution is 0.186. The molecule has 0 aliphatic carbocycles. The van der Waals surface area contributed by atoms with Crippen LogP contribution in [0.3, 0.4) is 0 Å². The fraction of sp³-hybridized carbons (Fsp3) is 0.714. The Morgan fingerprint density at radius 2 is 2.33 bits per heavy atom. The first-order valence-electron chi connectivity index (χ1n) is 6.82. The lowest BCUT2D eigenvalue weighted by Gasteiger charge is -2.23. The predicted octanol–water partition coefficient (Wildman–Crippen LogP) is 2.21. The maximum atomic E-state index is 5.44.